The fourth-order valence-corrected chi connectivity index (χ4v) is 6.10. The van der Waals surface area contributed by atoms with E-state index in [4.69, 9.17) is 19.9 Å². The molecule has 4 aromatic heterocycles. The molecule has 0 aliphatic heterocycles. The van der Waals surface area contributed by atoms with E-state index in [1.54, 1.807) is 0 Å². The number of hydrogen-bond acceptors (Lipinski definition) is 6. The van der Waals surface area contributed by atoms with Crippen molar-refractivity contribution in [1.29, 1.82) is 0 Å². The minimum atomic E-state index is 0.563. The Hall–Kier alpha value is -4.58. The van der Waals surface area contributed by atoms with Crippen LogP contribution in [0.4, 0.5) is 34.6 Å². The summed E-state index contributed by atoms with van der Waals surface area (Å²) in [4.78, 5) is 24.1. The lowest BCUT2D eigenvalue weighted by atomic mass is 10.0. The first kappa shape index (κ1) is 34.7. The summed E-state index contributed by atoms with van der Waals surface area (Å²) in [5.41, 5.74) is 6.83. The lowest BCUT2D eigenvalue weighted by Crippen LogP contribution is -2.16. The molecule has 1 aromatic carbocycles. The lowest BCUT2D eigenvalue weighted by Gasteiger charge is -2.27. The van der Waals surface area contributed by atoms with Gasteiger partial charge >= 0.3 is 0 Å². The van der Waals surface area contributed by atoms with E-state index >= 15 is 0 Å². The zero-order chi connectivity index (χ0) is 34.2. The Morgan fingerprint density at radius 3 is 0.875 bits per heavy atom. The molecule has 0 bridgehead atoms. The molecule has 0 atom stereocenters. The molecule has 0 saturated heterocycles. The van der Waals surface area contributed by atoms with Crippen molar-refractivity contribution in [3.05, 3.63) is 120 Å². The zero-order valence-electron chi connectivity index (χ0n) is 30.1. The second kappa shape index (κ2) is 16.0. The number of pyridine rings is 4. The van der Waals surface area contributed by atoms with Gasteiger partial charge in [0.25, 0.3) is 0 Å². The van der Waals surface area contributed by atoms with Gasteiger partial charge < -0.3 is 0 Å². The summed E-state index contributed by atoms with van der Waals surface area (Å²) in [7, 11) is 0. The van der Waals surface area contributed by atoms with Crippen LogP contribution in [-0.2, 0) is 25.7 Å². The third kappa shape index (κ3) is 9.27. The van der Waals surface area contributed by atoms with Crippen LogP contribution >= 0.6 is 0 Å². The smallest absolute Gasteiger partial charge is 0.138 e. The predicted molar refractivity (Wildman–Crippen MR) is 201 cm³/mol. The van der Waals surface area contributed by atoms with Crippen LogP contribution in [0.2, 0.25) is 0 Å². The van der Waals surface area contributed by atoms with Crippen LogP contribution in [0.5, 0.6) is 0 Å². The summed E-state index contributed by atoms with van der Waals surface area (Å²) < 4.78 is 0. The van der Waals surface area contributed by atoms with E-state index in [0.717, 1.165) is 60.3 Å². The maximum Gasteiger partial charge on any atom is 0.138 e. The maximum absolute atomic E-state index is 4.96. The fourth-order valence-electron chi connectivity index (χ4n) is 6.10. The SMILES string of the molecule is CC(C)Cc1ccc(N(c2cccc(N(c3ccc(CC(C)C)cn3)c3ccc(CC(C)C)cn3)c2)c2ccc(CC(C)C)cn2)nc1. The molecule has 0 amide bonds. The van der Waals surface area contributed by atoms with E-state index in [2.05, 4.69) is 138 Å². The largest absolute Gasteiger partial charge is 0.279 e. The van der Waals surface area contributed by atoms with Gasteiger partial charge in [-0.05, 0) is 114 Å². The highest BCUT2D eigenvalue weighted by molar-refractivity contribution is 5.79. The third-order valence-corrected chi connectivity index (χ3v) is 8.07. The Morgan fingerprint density at radius 1 is 0.396 bits per heavy atom. The van der Waals surface area contributed by atoms with Crippen molar-refractivity contribution < 1.29 is 0 Å². The standard InChI is InChI=1S/C42H52N6/c1-29(2)20-33-12-16-39(43-25-33)47(40-17-13-34(26-44-40)21-30(3)4)37-10-9-11-38(24-37)48(41-18-14-35(27-45-41)22-31(5)6)42-19-15-36(28-46-42)23-32(7)8/h9-19,24-32H,20-23H2,1-8H3. The van der Waals surface area contributed by atoms with E-state index in [-0.39, 0.29) is 0 Å². The lowest BCUT2D eigenvalue weighted by molar-refractivity contribution is 0.645. The van der Waals surface area contributed by atoms with Crippen LogP contribution < -0.4 is 9.80 Å². The number of hydrogen-bond donors (Lipinski definition) is 0. The highest BCUT2D eigenvalue weighted by Crippen LogP contribution is 2.38. The Bertz CT molecular complexity index is 1470. The second-order valence-electron chi connectivity index (χ2n) is 14.7. The molecule has 4 heterocycles. The highest BCUT2D eigenvalue weighted by atomic mass is 15.3. The molecular weight excluding hydrogens is 589 g/mol. The Kier molecular flexibility index (Phi) is 11.6. The number of rotatable bonds is 14. The van der Waals surface area contributed by atoms with E-state index in [0.29, 0.717) is 23.7 Å². The van der Waals surface area contributed by atoms with Crippen molar-refractivity contribution in [1.82, 2.24) is 19.9 Å². The van der Waals surface area contributed by atoms with Gasteiger partial charge in [-0.15, -0.1) is 0 Å². The normalized spacial score (nSPS) is 11.6. The molecule has 0 unspecified atom stereocenters. The van der Waals surface area contributed by atoms with E-state index in [9.17, 15) is 0 Å². The maximum atomic E-state index is 4.96. The van der Waals surface area contributed by atoms with Crippen LogP contribution in [0.1, 0.15) is 77.6 Å². The molecule has 48 heavy (non-hydrogen) atoms. The second-order valence-corrected chi connectivity index (χ2v) is 14.7. The van der Waals surface area contributed by atoms with Gasteiger partial charge in [0.1, 0.15) is 23.3 Å². The first-order chi connectivity index (χ1) is 23.0. The van der Waals surface area contributed by atoms with E-state index in [1.807, 2.05) is 24.8 Å². The van der Waals surface area contributed by atoms with Gasteiger partial charge in [-0.2, -0.15) is 0 Å². The summed E-state index contributed by atoms with van der Waals surface area (Å²) in [6.07, 6.45) is 12.0. The summed E-state index contributed by atoms with van der Waals surface area (Å²) >= 11 is 0. The van der Waals surface area contributed by atoms with Crippen LogP contribution in [0.3, 0.4) is 0 Å². The Balaban J connectivity index is 1.59. The third-order valence-electron chi connectivity index (χ3n) is 8.07. The molecule has 6 nitrogen and oxygen atoms in total. The van der Waals surface area contributed by atoms with Crippen molar-refractivity contribution in [3.63, 3.8) is 0 Å². The molecule has 0 spiro atoms. The average molecular weight is 641 g/mol. The van der Waals surface area contributed by atoms with Gasteiger partial charge in [0.2, 0.25) is 0 Å². The van der Waals surface area contributed by atoms with Crippen LogP contribution in [0, 0.1) is 23.7 Å². The highest BCUT2D eigenvalue weighted by Gasteiger charge is 2.20. The molecule has 0 aliphatic rings. The van der Waals surface area contributed by atoms with Crippen molar-refractivity contribution in [2.24, 2.45) is 23.7 Å². The monoisotopic (exact) mass is 640 g/mol. The predicted octanol–water partition coefficient (Wildman–Crippen LogP) is 11.0. The molecule has 0 N–H and O–H groups in total. The molecule has 0 aliphatic carbocycles. The molecular formula is C42H52N6. The van der Waals surface area contributed by atoms with Crippen molar-refractivity contribution in [3.8, 4) is 0 Å². The Morgan fingerprint density at radius 2 is 0.667 bits per heavy atom. The molecule has 5 rings (SSSR count). The van der Waals surface area contributed by atoms with Gasteiger partial charge in [-0.25, -0.2) is 19.9 Å². The van der Waals surface area contributed by atoms with Gasteiger partial charge in [-0.1, -0.05) is 85.7 Å². The van der Waals surface area contributed by atoms with Crippen LogP contribution in [0.25, 0.3) is 0 Å². The van der Waals surface area contributed by atoms with Crippen LogP contribution in [-0.4, -0.2) is 19.9 Å². The minimum absolute atomic E-state index is 0.563. The number of anilines is 6. The molecule has 250 valence electrons. The number of aromatic nitrogens is 4. The van der Waals surface area contributed by atoms with Gasteiger partial charge in [0.15, 0.2) is 0 Å². The van der Waals surface area contributed by atoms with E-state index < -0.39 is 0 Å². The minimum Gasteiger partial charge on any atom is -0.279 e. The molecule has 6 heteroatoms. The first-order valence-corrected chi connectivity index (χ1v) is 17.6. The van der Waals surface area contributed by atoms with Crippen molar-refractivity contribution >= 4 is 34.6 Å². The van der Waals surface area contributed by atoms with Gasteiger partial charge in [0, 0.05) is 24.8 Å². The summed E-state index contributed by atoms with van der Waals surface area (Å²) in [6.45, 7) is 17.9. The number of nitrogens with zero attached hydrogens (tertiary/aromatic N) is 6. The summed E-state index contributed by atoms with van der Waals surface area (Å²) in [5, 5.41) is 0. The zero-order valence-corrected chi connectivity index (χ0v) is 30.1. The van der Waals surface area contributed by atoms with E-state index in [1.165, 1.54) is 22.3 Å². The topological polar surface area (TPSA) is 58.0 Å². The molecule has 0 fully saturated rings. The summed E-state index contributed by atoms with van der Waals surface area (Å²) in [6, 6.07) is 25.7. The molecule has 5 aromatic rings. The van der Waals surface area contributed by atoms with Crippen molar-refractivity contribution in [2.45, 2.75) is 81.1 Å². The average Bonchev–Trinajstić information content (AvgIpc) is 3.04. The van der Waals surface area contributed by atoms with Crippen molar-refractivity contribution in [2.75, 3.05) is 9.80 Å². The molecule has 0 radical (unpaired) electrons. The quantitative estimate of drug-likeness (QED) is 0.120. The van der Waals surface area contributed by atoms with Gasteiger partial charge in [-0.3, -0.25) is 9.80 Å². The summed E-state index contributed by atoms with van der Waals surface area (Å²) in [5.74, 6) is 5.54. The number of benzene rings is 1. The van der Waals surface area contributed by atoms with Crippen LogP contribution in [0.15, 0.2) is 97.6 Å². The molecule has 0 saturated carbocycles. The first-order valence-electron chi connectivity index (χ1n) is 17.6. The van der Waals surface area contributed by atoms with Gasteiger partial charge in [0.05, 0.1) is 11.4 Å². The Labute approximate surface area is 288 Å². The fraction of sp³-hybridized carbons (Fsp3) is 0.381.